The van der Waals surface area contributed by atoms with Gasteiger partial charge in [-0.05, 0) is 29.8 Å². The normalized spacial score (nSPS) is 11.2. The Hall–Kier alpha value is -3.45. The molecule has 0 heterocycles. The first kappa shape index (κ1) is 21.8. The molecule has 4 N–H and O–H groups in total. The molecule has 150 valence electrons. The van der Waals surface area contributed by atoms with E-state index in [2.05, 4.69) is 10.3 Å². The number of benzene rings is 3. The van der Waals surface area contributed by atoms with Crippen LogP contribution in [0.1, 0.15) is 5.56 Å². The Labute approximate surface area is 171 Å². The van der Waals surface area contributed by atoms with Crippen LogP contribution in [0.3, 0.4) is 0 Å². The number of nitrogens with one attached hydrogen (secondary N) is 1. The Morgan fingerprint density at radius 2 is 1.86 bits per heavy atom. The quantitative estimate of drug-likeness (QED) is 0.330. The summed E-state index contributed by atoms with van der Waals surface area (Å²) in [6.45, 7) is 0. The highest BCUT2D eigenvalue weighted by molar-refractivity contribution is 6.31. The van der Waals surface area contributed by atoms with Crippen molar-refractivity contribution in [3.8, 4) is 5.75 Å². The minimum atomic E-state index is -1.03. The molecule has 8 heteroatoms. The first-order valence-corrected chi connectivity index (χ1v) is 8.74. The number of halogens is 3. The van der Waals surface area contributed by atoms with Crippen molar-refractivity contribution in [2.45, 2.75) is 0 Å². The molecule has 0 atom stereocenters. The number of hydrogen-bond acceptors (Lipinski definition) is 4. The molecule has 0 saturated heterocycles. The largest absolute Gasteiger partial charge is 0.507 e. The van der Waals surface area contributed by atoms with Crippen LogP contribution in [0.2, 0.25) is 5.02 Å². The lowest BCUT2D eigenvalue weighted by molar-refractivity contribution is -0.115. The number of phenols is 1. The second-order valence-corrected chi connectivity index (χ2v) is 6.14. The van der Waals surface area contributed by atoms with Crippen molar-refractivity contribution in [3.05, 3.63) is 83.0 Å². The van der Waals surface area contributed by atoms with Crippen molar-refractivity contribution in [1.29, 1.82) is 0 Å². The zero-order chi connectivity index (χ0) is 21.4. The summed E-state index contributed by atoms with van der Waals surface area (Å²) in [6, 6.07) is 14.6. The molecular formula is C21H18ClF2N3O2. The van der Waals surface area contributed by atoms with E-state index in [1.54, 1.807) is 12.1 Å². The van der Waals surface area contributed by atoms with Crippen molar-refractivity contribution in [2.24, 2.45) is 4.99 Å². The van der Waals surface area contributed by atoms with Gasteiger partial charge in [0.25, 0.3) is 0 Å². The van der Waals surface area contributed by atoms with Gasteiger partial charge >= 0.3 is 5.91 Å². The number of fused-ring (bicyclic) bond motifs is 1. The molecule has 3 aromatic rings. The van der Waals surface area contributed by atoms with Gasteiger partial charge in [0.15, 0.2) is 0 Å². The average Bonchev–Trinajstić information content (AvgIpc) is 2.70. The Morgan fingerprint density at radius 1 is 1.17 bits per heavy atom. The van der Waals surface area contributed by atoms with Gasteiger partial charge in [-0.2, -0.15) is 4.39 Å². The third kappa shape index (κ3) is 6.02. The monoisotopic (exact) mass is 417 g/mol. The highest BCUT2D eigenvalue weighted by atomic mass is 35.5. The molecule has 0 aliphatic carbocycles. The predicted octanol–water partition coefficient (Wildman–Crippen LogP) is 4.58. The maximum absolute atomic E-state index is 12.9. The maximum Gasteiger partial charge on any atom is 0.307 e. The molecule has 0 radical (unpaired) electrons. The molecule has 0 aliphatic heterocycles. The number of rotatable bonds is 3. The Kier molecular flexibility index (Phi) is 7.68. The van der Waals surface area contributed by atoms with Gasteiger partial charge < -0.3 is 16.2 Å². The fourth-order valence-corrected chi connectivity index (χ4v) is 2.48. The van der Waals surface area contributed by atoms with Gasteiger partial charge in [0.05, 0.1) is 5.02 Å². The number of phenolic OH excluding ortho intramolecular Hbond substituents is 1. The van der Waals surface area contributed by atoms with Gasteiger partial charge in [-0.25, -0.2) is 9.38 Å². The summed E-state index contributed by atoms with van der Waals surface area (Å²) in [5.74, 6) is -2.34. The highest BCUT2D eigenvalue weighted by Crippen LogP contribution is 2.27. The summed E-state index contributed by atoms with van der Waals surface area (Å²) in [4.78, 5) is 14.4. The van der Waals surface area contributed by atoms with Crippen LogP contribution in [0.4, 0.5) is 14.5 Å². The van der Waals surface area contributed by atoms with E-state index in [0.29, 0.717) is 11.3 Å². The summed E-state index contributed by atoms with van der Waals surface area (Å²) < 4.78 is 25.7. The molecule has 1 amide bonds. The van der Waals surface area contributed by atoms with E-state index in [4.69, 9.17) is 17.3 Å². The van der Waals surface area contributed by atoms with E-state index in [1.807, 2.05) is 24.3 Å². The number of aromatic hydroxyl groups is 1. The molecule has 3 rings (SSSR count). The van der Waals surface area contributed by atoms with Gasteiger partial charge in [-0.15, -0.1) is 0 Å². The molecule has 5 nitrogen and oxygen atoms in total. The second-order valence-electron chi connectivity index (χ2n) is 5.74. The molecule has 0 aliphatic rings. The molecule has 0 unspecified atom stereocenters. The zero-order valence-electron chi connectivity index (χ0n) is 15.4. The van der Waals surface area contributed by atoms with E-state index < -0.39 is 17.6 Å². The summed E-state index contributed by atoms with van der Waals surface area (Å²) in [7, 11) is 1.45. The topological polar surface area (TPSA) is 87.7 Å². The standard InChI is InChI=1S/C11H9ClF2N2O.C10H9NO/c1-15-6-10(14)11(17)16-5-7-2-3-9(13)8(12)4-7;11-9-5-1-4-8-7(9)3-2-6-10(8)12/h2-6,15H,1H3;1-6,12H,11H2/b10-6+,16-5?;. The van der Waals surface area contributed by atoms with Gasteiger partial charge in [0.2, 0.25) is 5.83 Å². The lowest BCUT2D eigenvalue weighted by atomic mass is 10.1. The first-order valence-electron chi connectivity index (χ1n) is 8.36. The highest BCUT2D eigenvalue weighted by Gasteiger charge is 2.05. The van der Waals surface area contributed by atoms with Crippen LogP contribution >= 0.6 is 11.6 Å². The first-order chi connectivity index (χ1) is 13.8. The fourth-order valence-electron chi connectivity index (χ4n) is 2.29. The van der Waals surface area contributed by atoms with Crippen LogP contribution in [0.25, 0.3) is 10.8 Å². The van der Waals surface area contributed by atoms with Crippen LogP contribution in [0.5, 0.6) is 5.75 Å². The minimum Gasteiger partial charge on any atom is -0.507 e. The summed E-state index contributed by atoms with van der Waals surface area (Å²) in [5.41, 5.74) is 6.82. The number of amides is 1. The number of nitrogens with two attached hydrogens (primary N) is 1. The Morgan fingerprint density at radius 3 is 2.52 bits per heavy atom. The van der Waals surface area contributed by atoms with E-state index in [9.17, 15) is 18.7 Å². The predicted molar refractivity (Wildman–Crippen MR) is 112 cm³/mol. The zero-order valence-corrected chi connectivity index (χ0v) is 16.1. The number of carbonyl (C=O) groups excluding carboxylic acids is 1. The molecule has 0 aromatic heterocycles. The number of aliphatic imine (C=N–C) groups is 1. The number of hydrogen-bond donors (Lipinski definition) is 3. The van der Waals surface area contributed by atoms with E-state index in [-0.39, 0.29) is 10.8 Å². The Bertz CT molecular complexity index is 1040. The van der Waals surface area contributed by atoms with Crippen molar-refractivity contribution < 1.29 is 18.7 Å². The molecule has 3 aromatic carbocycles. The van der Waals surface area contributed by atoms with Crippen LogP contribution in [-0.4, -0.2) is 24.3 Å². The lowest BCUT2D eigenvalue weighted by Crippen LogP contribution is -2.01. The molecule has 0 fully saturated rings. The third-order valence-electron chi connectivity index (χ3n) is 3.68. The van der Waals surface area contributed by atoms with Crippen LogP contribution in [0.15, 0.2) is 71.6 Å². The molecule has 0 bridgehead atoms. The van der Waals surface area contributed by atoms with Crippen molar-refractivity contribution >= 4 is 40.2 Å². The van der Waals surface area contributed by atoms with Gasteiger partial charge in [-0.3, -0.25) is 4.79 Å². The number of anilines is 1. The Balaban J connectivity index is 0.000000218. The van der Waals surface area contributed by atoms with Crippen LogP contribution in [-0.2, 0) is 4.79 Å². The minimum absolute atomic E-state index is 0.0902. The number of carbonyl (C=O) groups is 1. The molecule has 0 spiro atoms. The molecule has 29 heavy (non-hydrogen) atoms. The van der Waals surface area contributed by atoms with Crippen molar-refractivity contribution in [1.82, 2.24) is 5.32 Å². The molecule has 0 saturated carbocycles. The third-order valence-corrected chi connectivity index (χ3v) is 3.97. The van der Waals surface area contributed by atoms with Gasteiger partial charge in [-0.1, -0.05) is 41.9 Å². The fraction of sp³-hybridized carbons (Fsp3) is 0.0476. The van der Waals surface area contributed by atoms with Crippen LogP contribution in [0, 0.1) is 5.82 Å². The van der Waals surface area contributed by atoms with E-state index >= 15 is 0 Å². The van der Waals surface area contributed by atoms with E-state index in [0.717, 1.165) is 29.3 Å². The number of nitrogens with zero attached hydrogens (tertiary/aromatic N) is 1. The molecular weight excluding hydrogens is 400 g/mol. The average molecular weight is 418 g/mol. The SMILES string of the molecule is CN/C=C(/F)C(=O)N=Cc1ccc(F)c(Cl)c1.Nc1cccc2c(O)cccc12. The van der Waals surface area contributed by atoms with Crippen molar-refractivity contribution in [3.63, 3.8) is 0 Å². The van der Waals surface area contributed by atoms with Crippen molar-refractivity contribution in [2.75, 3.05) is 12.8 Å². The summed E-state index contributed by atoms with van der Waals surface area (Å²) >= 11 is 5.52. The number of nitrogen functional groups attached to an aromatic ring is 1. The lowest BCUT2D eigenvalue weighted by Gasteiger charge is -2.02. The summed E-state index contributed by atoms with van der Waals surface area (Å²) in [5, 5.41) is 13.4. The smallest absolute Gasteiger partial charge is 0.307 e. The second kappa shape index (κ2) is 10.2. The summed E-state index contributed by atoms with van der Waals surface area (Å²) in [6.07, 6.45) is 1.99. The van der Waals surface area contributed by atoms with Gasteiger partial charge in [0, 0.05) is 35.9 Å². The maximum atomic E-state index is 12.9. The van der Waals surface area contributed by atoms with Gasteiger partial charge in [0.1, 0.15) is 11.6 Å². The van der Waals surface area contributed by atoms with Crippen LogP contribution < -0.4 is 11.1 Å². The van der Waals surface area contributed by atoms with E-state index in [1.165, 1.54) is 19.2 Å².